The van der Waals surface area contributed by atoms with Gasteiger partial charge in [-0.1, -0.05) is 69.5 Å². The van der Waals surface area contributed by atoms with Crippen molar-refractivity contribution in [2.45, 2.75) is 65.8 Å². The van der Waals surface area contributed by atoms with Crippen molar-refractivity contribution >= 4 is 17.0 Å². The summed E-state index contributed by atoms with van der Waals surface area (Å²) >= 11 is 0. The van der Waals surface area contributed by atoms with Gasteiger partial charge < -0.3 is 9.67 Å². The number of aromatic nitrogens is 4. The van der Waals surface area contributed by atoms with Crippen LogP contribution < -0.4 is 0 Å². The number of aryl methyl sites for hydroxylation is 2. The van der Waals surface area contributed by atoms with Crippen LogP contribution in [-0.4, -0.2) is 30.2 Å². The summed E-state index contributed by atoms with van der Waals surface area (Å²) < 4.78 is 4.38. The number of benzene rings is 3. The third-order valence-electron chi connectivity index (χ3n) is 7.40. The molecule has 0 atom stereocenters. The molecule has 0 saturated heterocycles. The number of fused-ring (bicyclic) bond motifs is 1. The quantitative estimate of drug-likeness (QED) is 0.179. The van der Waals surface area contributed by atoms with Crippen LogP contribution in [0.4, 0.5) is 0 Å². The molecule has 5 rings (SSSR count). The molecule has 0 aliphatic carbocycles. The fourth-order valence-corrected chi connectivity index (χ4v) is 5.46. The van der Waals surface area contributed by atoms with E-state index in [9.17, 15) is 9.90 Å². The van der Waals surface area contributed by atoms with Crippen molar-refractivity contribution in [3.8, 4) is 28.2 Å². The number of carboxylic acids is 1. The zero-order valence-corrected chi connectivity index (χ0v) is 23.0. The Hall–Kier alpha value is -4.19. The second kappa shape index (κ2) is 11.7. The number of rotatable bonds is 11. The number of imidazole rings is 2. The van der Waals surface area contributed by atoms with E-state index in [2.05, 4.69) is 47.4 Å². The largest absolute Gasteiger partial charge is 0.478 e. The highest BCUT2D eigenvalue weighted by molar-refractivity contribution is 5.99. The van der Waals surface area contributed by atoms with Gasteiger partial charge in [-0.25, -0.2) is 14.8 Å². The number of hydrogen-bond donors (Lipinski definition) is 1. The fourth-order valence-electron chi connectivity index (χ4n) is 5.46. The maximum absolute atomic E-state index is 12.6. The molecule has 0 unspecified atom stereocenters. The van der Waals surface area contributed by atoms with Gasteiger partial charge in [0, 0.05) is 30.9 Å². The fraction of sp³-hybridized carbons (Fsp3) is 0.303. The van der Waals surface area contributed by atoms with E-state index in [1.807, 2.05) is 55.6 Å². The van der Waals surface area contributed by atoms with Gasteiger partial charge in [-0.05, 0) is 60.7 Å². The average molecular weight is 521 g/mol. The topological polar surface area (TPSA) is 72.9 Å². The molecule has 0 saturated carbocycles. The first-order chi connectivity index (χ1) is 19.0. The Morgan fingerprint density at radius 3 is 2.49 bits per heavy atom. The van der Waals surface area contributed by atoms with Gasteiger partial charge in [-0.15, -0.1) is 0 Å². The van der Waals surface area contributed by atoms with Crippen molar-refractivity contribution in [3.05, 3.63) is 90.0 Å². The molecular formula is C33H36N4O2. The van der Waals surface area contributed by atoms with Crippen LogP contribution in [0.1, 0.15) is 67.7 Å². The molecule has 6 nitrogen and oxygen atoms in total. The van der Waals surface area contributed by atoms with Gasteiger partial charge in [-0.3, -0.25) is 4.57 Å². The lowest BCUT2D eigenvalue weighted by Crippen LogP contribution is -2.09. The van der Waals surface area contributed by atoms with Crippen molar-refractivity contribution in [2.24, 2.45) is 0 Å². The third-order valence-corrected chi connectivity index (χ3v) is 7.40. The minimum absolute atomic E-state index is 0.321. The highest BCUT2D eigenvalue weighted by Crippen LogP contribution is 2.34. The SMILES string of the molecule is CCCCCCn1ccnc1-c1ccc2nc(CCC)n(-c3ccc(-c4ccccc4)c(C(=O)O)c3C)c2c1. The first kappa shape index (κ1) is 26.4. The number of carboxylic acid groups (broad SMARTS) is 1. The molecule has 2 heterocycles. The van der Waals surface area contributed by atoms with E-state index in [4.69, 9.17) is 9.97 Å². The minimum atomic E-state index is -0.930. The molecular weight excluding hydrogens is 484 g/mol. The lowest BCUT2D eigenvalue weighted by Gasteiger charge is -2.17. The Balaban J connectivity index is 1.65. The predicted octanol–water partition coefficient (Wildman–Crippen LogP) is 8.10. The van der Waals surface area contributed by atoms with Gasteiger partial charge in [-0.2, -0.15) is 0 Å². The van der Waals surface area contributed by atoms with Crippen LogP contribution in [-0.2, 0) is 13.0 Å². The summed E-state index contributed by atoms with van der Waals surface area (Å²) in [4.78, 5) is 22.2. The molecule has 3 aromatic carbocycles. The van der Waals surface area contributed by atoms with E-state index in [0.717, 1.165) is 76.4 Å². The van der Waals surface area contributed by atoms with Crippen molar-refractivity contribution in [1.29, 1.82) is 0 Å². The second-order valence-corrected chi connectivity index (χ2v) is 10.1. The Morgan fingerprint density at radius 2 is 1.74 bits per heavy atom. The Labute approximate surface area is 230 Å². The summed E-state index contributed by atoms with van der Waals surface area (Å²) in [6.07, 6.45) is 10.4. The summed E-state index contributed by atoms with van der Waals surface area (Å²) in [5.41, 5.74) is 6.39. The lowest BCUT2D eigenvalue weighted by atomic mass is 9.94. The zero-order valence-electron chi connectivity index (χ0n) is 23.0. The number of unbranched alkanes of at least 4 members (excludes halogenated alkanes) is 3. The maximum Gasteiger partial charge on any atom is 0.336 e. The van der Waals surface area contributed by atoms with Crippen molar-refractivity contribution in [2.75, 3.05) is 0 Å². The van der Waals surface area contributed by atoms with E-state index in [0.29, 0.717) is 5.56 Å². The monoisotopic (exact) mass is 520 g/mol. The van der Waals surface area contributed by atoms with Crippen LogP contribution in [0.25, 0.3) is 39.2 Å². The van der Waals surface area contributed by atoms with Crippen molar-refractivity contribution in [3.63, 3.8) is 0 Å². The van der Waals surface area contributed by atoms with Crippen molar-refractivity contribution < 1.29 is 9.90 Å². The molecule has 39 heavy (non-hydrogen) atoms. The molecule has 0 spiro atoms. The van der Waals surface area contributed by atoms with E-state index in [1.165, 1.54) is 19.3 Å². The molecule has 6 heteroatoms. The van der Waals surface area contributed by atoms with Crippen LogP contribution in [0.15, 0.2) is 73.1 Å². The van der Waals surface area contributed by atoms with Gasteiger partial charge in [0.2, 0.25) is 0 Å². The van der Waals surface area contributed by atoms with Crippen LogP contribution >= 0.6 is 0 Å². The molecule has 0 aliphatic heterocycles. The van der Waals surface area contributed by atoms with Gasteiger partial charge in [0.1, 0.15) is 11.6 Å². The minimum Gasteiger partial charge on any atom is -0.478 e. The molecule has 0 radical (unpaired) electrons. The maximum atomic E-state index is 12.6. The molecule has 0 amide bonds. The Kier molecular flexibility index (Phi) is 7.92. The summed E-state index contributed by atoms with van der Waals surface area (Å²) in [5.74, 6) is 0.945. The van der Waals surface area contributed by atoms with Crippen molar-refractivity contribution in [1.82, 2.24) is 19.1 Å². The normalized spacial score (nSPS) is 11.4. The summed E-state index contributed by atoms with van der Waals surface area (Å²) in [5, 5.41) is 10.3. The molecule has 0 fully saturated rings. The van der Waals surface area contributed by atoms with Crippen LogP contribution in [0.5, 0.6) is 0 Å². The molecule has 5 aromatic rings. The highest BCUT2D eigenvalue weighted by Gasteiger charge is 2.22. The van der Waals surface area contributed by atoms with E-state index < -0.39 is 5.97 Å². The first-order valence-electron chi connectivity index (χ1n) is 14.0. The number of nitrogens with zero attached hydrogens (tertiary/aromatic N) is 4. The molecule has 0 aliphatic rings. The molecule has 1 N–H and O–H groups in total. The second-order valence-electron chi connectivity index (χ2n) is 10.1. The molecule has 200 valence electrons. The predicted molar refractivity (Wildman–Crippen MR) is 158 cm³/mol. The smallest absolute Gasteiger partial charge is 0.336 e. The summed E-state index contributed by atoms with van der Waals surface area (Å²) in [6.45, 7) is 7.21. The van der Waals surface area contributed by atoms with E-state index in [1.54, 1.807) is 0 Å². The van der Waals surface area contributed by atoms with Gasteiger partial charge in [0.15, 0.2) is 0 Å². The highest BCUT2D eigenvalue weighted by atomic mass is 16.4. The standard InChI is InChI=1S/C33H36N4O2/c1-4-6-7-11-20-36-21-19-34-32(36)25-15-17-27-29(22-25)37(30(35-27)12-5-2)28-18-16-26(24-13-9-8-10-14-24)31(23(28)3)33(38)39/h8-10,13-19,21-22H,4-7,11-12,20H2,1-3H3,(H,38,39). The molecule has 0 bridgehead atoms. The van der Waals surface area contributed by atoms with Crippen LogP contribution in [0.3, 0.4) is 0 Å². The molecule has 2 aromatic heterocycles. The average Bonchev–Trinajstić information content (AvgIpc) is 3.55. The first-order valence-corrected chi connectivity index (χ1v) is 14.0. The number of carbonyl (C=O) groups is 1. The summed E-state index contributed by atoms with van der Waals surface area (Å²) in [6, 6.07) is 20.0. The van der Waals surface area contributed by atoms with Gasteiger partial charge in [0.05, 0.1) is 22.3 Å². The zero-order chi connectivity index (χ0) is 27.4. The van der Waals surface area contributed by atoms with Gasteiger partial charge in [0.25, 0.3) is 0 Å². The Bertz CT molecular complexity index is 1600. The number of hydrogen-bond acceptors (Lipinski definition) is 3. The van der Waals surface area contributed by atoms with Crippen LogP contribution in [0, 0.1) is 6.92 Å². The number of aromatic carboxylic acids is 1. The Morgan fingerprint density at radius 1 is 0.923 bits per heavy atom. The van der Waals surface area contributed by atoms with E-state index >= 15 is 0 Å². The van der Waals surface area contributed by atoms with E-state index in [-0.39, 0.29) is 0 Å². The van der Waals surface area contributed by atoms with Crippen LogP contribution in [0.2, 0.25) is 0 Å². The van der Waals surface area contributed by atoms with Gasteiger partial charge >= 0.3 is 5.97 Å². The lowest BCUT2D eigenvalue weighted by molar-refractivity contribution is 0.0697. The third kappa shape index (κ3) is 5.24. The summed E-state index contributed by atoms with van der Waals surface area (Å²) in [7, 11) is 0.